The molecule has 3 heterocycles. The van der Waals surface area contributed by atoms with Gasteiger partial charge in [-0.05, 0) is 48.7 Å². The first-order valence-corrected chi connectivity index (χ1v) is 13.2. The van der Waals surface area contributed by atoms with Crippen LogP contribution in [0.5, 0.6) is 0 Å². The lowest BCUT2D eigenvalue weighted by molar-refractivity contribution is -0.112. The topological polar surface area (TPSA) is 60.2 Å². The van der Waals surface area contributed by atoms with Crippen molar-refractivity contribution in [2.45, 2.75) is 49.9 Å². The number of rotatable bonds is 7. The lowest BCUT2D eigenvalue weighted by Crippen LogP contribution is -2.24. The quantitative estimate of drug-likeness (QED) is 0.299. The van der Waals surface area contributed by atoms with Crippen molar-refractivity contribution >= 4 is 34.8 Å². The molecule has 2 aliphatic rings. The average molecular weight is 509 g/mol. The largest absolute Gasteiger partial charge is 0.376 e. The molecule has 3 aromatic rings. The summed E-state index contributed by atoms with van der Waals surface area (Å²) in [6.07, 6.45) is 3.98. The van der Waals surface area contributed by atoms with Crippen molar-refractivity contribution < 1.29 is 9.53 Å². The summed E-state index contributed by atoms with van der Waals surface area (Å²) in [4.78, 5) is 15.2. The maximum absolute atomic E-state index is 13.1. The first-order chi connectivity index (χ1) is 16.8. The van der Waals surface area contributed by atoms with Crippen LogP contribution in [0.25, 0.3) is 11.4 Å². The van der Waals surface area contributed by atoms with E-state index in [2.05, 4.69) is 45.6 Å². The molecule has 0 spiro atoms. The molecule has 1 atom stereocenters. The van der Waals surface area contributed by atoms with Gasteiger partial charge in [-0.1, -0.05) is 55.4 Å². The van der Waals surface area contributed by atoms with Gasteiger partial charge in [-0.15, -0.1) is 10.2 Å². The number of para-hydroxylation sites is 1. The van der Waals surface area contributed by atoms with Crippen molar-refractivity contribution in [3.05, 3.63) is 70.9 Å². The van der Waals surface area contributed by atoms with Crippen LogP contribution in [0, 0.1) is 0 Å². The normalized spacial score (nSPS) is 19.9. The highest BCUT2D eigenvalue weighted by Gasteiger charge is 2.38. The van der Waals surface area contributed by atoms with E-state index in [1.807, 2.05) is 43.4 Å². The Morgan fingerprint density at radius 3 is 2.69 bits per heavy atom. The minimum absolute atomic E-state index is 0.0532. The number of carbonyl (C=O) groups excluding carboxylic acids is 1. The van der Waals surface area contributed by atoms with Crippen LogP contribution in [-0.2, 0) is 21.5 Å². The number of hydrogen-bond donors (Lipinski definition) is 0. The van der Waals surface area contributed by atoms with Gasteiger partial charge in [0.15, 0.2) is 16.8 Å². The van der Waals surface area contributed by atoms with E-state index in [1.54, 1.807) is 6.08 Å². The second kappa shape index (κ2) is 9.80. The molecule has 2 aliphatic heterocycles. The summed E-state index contributed by atoms with van der Waals surface area (Å²) in [6.45, 7) is 5.77. The number of ether oxygens (including phenoxy) is 1. The zero-order valence-corrected chi connectivity index (χ0v) is 21.8. The van der Waals surface area contributed by atoms with E-state index in [4.69, 9.17) is 16.3 Å². The molecule has 2 aromatic carbocycles. The highest BCUT2D eigenvalue weighted by molar-refractivity contribution is 7.99. The third-order valence-electron chi connectivity index (χ3n) is 6.81. The van der Waals surface area contributed by atoms with Crippen LogP contribution in [0.2, 0.25) is 5.02 Å². The van der Waals surface area contributed by atoms with Crippen LogP contribution in [0.1, 0.15) is 32.3 Å². The first kappa shape index (κ1) is 24.1. The summed E-state index contributed by atoms with van der Waals surface area (Å²) in [5, 5.41) is 10.3. The number of anilines is 1. The van der Waals surface area contributed by atoms with Crippen molar-refractivity contribution in [2.24, 2.45) is 0 Å². The van der Waals surface area contributed by atoms with Gasteiger partial charge in [0.2, 0.25) is 0 Å². The minimum atomic E-state index is -0.229. The van der Waals surface area contributed by atoms with Gasteiger partial charge in [0.1, 0.15) is 0 Å². The second-order valence-corrected chi connectivity index (χ2v) is 10.9. The van der Waals surface area contributed by atoms with Gasteiger partial charge in [-0.2, -0.15) is 0 Å². The molecule has 0 amide bonds. The Bertz CT molecular complexity index is 1260. The molecule has 0 N–H and O–H groups in total. The number of benzene rings is 2. The molecule has 0 saturated carbocycles. The Kier molecular flexibility index (Phi) is 6.75. The van der Waals surface area contributed by atoms with Gasteiger partial charge in [0, 0.05) is 47.1 Å². The number of halogens is 1. The molecule has 1 fully saturated rings. The number of ketones is 1. The lowest BCUT2D eigenvalue weighted by Gasteiger charge is -2.23. The predicted molar refractivity (Wildman–Crippen MR) is 141 cm³/mol. The van der Waals surface area contributed by atoms with Crippen molar-refractivity contribution in [1.29, 1.82) is 0 Å². The minimum Gasteiger partial charge on any atom is -0.376 e. The standard InChI is InChI=1S/C27H29ClN4O2S/c1-27(2)22-8-4-5-9-23(22)31(3)24(27)15-20(33)17-35-26-30-29-25(18-10-12-19(28)13-11-18)32(26)16-21-7-6-14-34-21/h4-5,8-13,15,21H,6-7,14,16-17H2,1-3H3. The van der Waals surface area contributed by atoms with Gasteiger partial charge < -0.3 is 9.64 Å². The Morgan fingerprint density at radius 2 is 1.97 bits per heavy atom. The van der Waals surface area contributed by atoms with Crippen LogP contribution in [0.3, 0.4) is 0 Å². The van der Waals surface area contributed by atoms with Crippen molar-refractivity contribution in [2.75, 3.05) is 24.3 Å². The molecule has 0 aliphatic carbocycles. The molecule has 6 nitrogen and oxygen atoms in total. The molecule has 5 rings (SSSR count). The van der Waals surface area contributed by atoms with Crippen molar-refractivity contribution in [3.63, 3.8) is 0 Å². The average Bonchev–Trinajstić information content (AvgIpc) is 3.55. The first-order valence-electron chi connectivity index (χ1n) is 11.9. The number of likely N-dealkylation sites (N-methyl/N-ethyl adjacent to an activating group) is 1. The molecule has 8 heteroatoms. The maximum atomic E-state index is 13.1. The summed E-state index contributed by atoms with van der Waals surface area (Å²) < 4.78 is 7.96. The zero-order chi connectivity index (χ0) is 24.6. The highest BCUT2D eigenvalue weighted by Crippen LogP contribution is 2.46. The number of thioether (sulfide) groups is 1. The van der Waals surface area contributed by atoms with Gasteiger partial charge in [0.25, 0.3) is 0 Å². The van der Waals surface area contributed by atoms with E-state index < -0.39 is 0 Å². The van der Waals surface area contributed by atoms with E-state index in [9.17, 15) is 4.79 Å². The fourth-order valence-corrected chi connectivity index (χ4v) is 5.85. The van der Waals surface area contributed by atoms with Crippen LogP contribution in [-0.4, -0.2) is 46.1 Å². The van der Waals surface area contributed by atoms with Gasteiger partial charge in [0.05, 0.1) is 18.4 Å². The molecule has 182 valence electrons. The predicted octanol–water partition coefficient (Wildman–Crippen LogP) is 5.75. The fourth-order valence-electron chi connectivity index (χ4n) is 4.95. The fraction of sp³-hybridized carbons (Fsp3) is 0.370. The smallest absolute Gasteiger partial charge is 0.192 e. The third kappa shape index (κ3) is 4.77. The second-order valence-electron chi connectivity index (χ2n) is 9.54. The van der Waals surface area contributed by atoms with E-state index in [1.165, 1.54) is 17.3 Å². The van der Waals surface area contributed by atoms with E-state index in [-0.39, 0.29) is 23.1 Å². The number of carbonyl (C=O) groups is 1. The molecule has 1 unspecified atom stereocenters. The summed E-state index contributed by atoms with van der Waals surface area (Å²) >= 11 is 7.50. The molecule has 0 bridgehead atoms. The van der Waals surface area contributed by atoms with Crippen LogP contribution >= 0.6 is 23.4 Å². The zero-order valence-electron chi connectivity index (χ0n) is 20.2. The van der Waals surface area contributed by atoms with E-state index in [0.29, 0.717) is 11.6 Å². The Morgan fingerprint density at radius 1 is 1.20 bits per heavy atom. The number of aromatic nitrogens is 3. The summed E-state index contributed by atoms with van der Waals surface area (Å²) in [5.74, 6) is 1.10. The molecule has 1 aromatic heterocycles. The monoisotopic (exact) mass is 508 g/mol. The van der Waals surface area contributed by atoms with Crippen LogP contribution in [0.15, 0.2) is 65.5 Å². The Labute approximate surface area is 215 Å². The number of hydrogen-bond acceptors (Lipinski definition) is 6. The molecular formula is C27H29ClN4O2S. The molecule has 35 heavy (non-hydrogen) atoms. The molecule has 0 radical (unpaired) electrons. The summed E-state index contributed by atoms with van der Waals surface area (Å²) in [5.41, 5.74) is 4.10. The van der Waals surface area contributed by atoms with E-state index >= 15 is 0 Å². The Balaban J connectivity index is 1.36. The van der Waals surface area contributed by atoms with Crippen molar-refractivity contribution in [1.82, 2.24) is 14.8 Å². The maximum Gasteiger partial charge on any atom is 0.192 e. The van der Waals surface area contributed by atoms with Gasteiger partial charge in [-0.3, -0.25) is 9.36 Å². The van der Waals surface area contributed by atoms with Crippen LogP contribution < -0.4 is 4.90 Å². The number of allylic oxidation sites excluding steroid dienone is 2. The molecular weight excluding hydrogens is 480 g/mol. The summed E-state index contributed by atoms with van der Waals surface area (Å²) in [6, 6.07) is 15.9. The van der Waals surface area contributed by atoms with E-state index in [0.717, 1.165) is 47.4 Å². The summed E-state index contributed by atoms with van der Waals surface area (Å²) in [7, 11) is 2.02. The Hall–Kier alpha value is -2.61. The molecule has 1 saturated heterocycles. The number of fused-ring (bicyclic) bond motifs is 1. The van der Waals surface area contributed by atoms with Crippen molar-refractivity contribution in [3.8, 4) is 11.4 Å². The SMILES string of the molecule is CN1C(=CC(=O)CSc2nnc(-c3ccc(Cl)cc3)n2CC2CCCO2)C(C)(C)c2ccccc21. The highest BCUT2D eigenvalue weighted by atomic mass is 35.5. The lowest BCUT2D eigenvalue weighted by atomic mass is 9.83. The van der Waals surface area contributed by atoms with Crippen LogP contribution in [0.4, 0.5) is 5.69 Å². The van der Waals surface area contributed by atoms with Gasteiger partial charge >= 0.3 is 0 Å². The van der Waals surface area contributed by atoms with Gasteiger partial charge in [-0.25, -0.2) is 0 Å². The third-order valence-corrected chi connectivity index (χ3v) is 8.05. The number of nitrogens with zero attached hydrogens (tertiary/aromatic N) is 4.